The number of pyridine rings is 1. The summed E-state index contributed by atoms with van der Waals surface area (Å²) < 4.78 is 5.67. The van der Waals surface area contributed by atoms with Crippen molar-refractivity contribution in [3.05, 3.63) is 24.5 Å². The van der Waals surface area contributed by atoms with E-state index in [9.17, 15) is 0 Å². The van der Waals surface area contributed by atoms with Gasteiger partial charge >= 0.3 is 0 Å². The van der Waals surface area contributed by atoms with Gasteiger partial charge in [-0.3, -0.25) is 4.98 Å². The van der Waals surface area contributed by atoms with Crippen LogP contribution in [0.15, 0.2) is 24.5 Å². The minimum atomic E-state index is 0.149. The number of nitrogens with one attached hydrogen (secondary N) is 1. The molecule has 1 aromatic heterocycles. The van der Waals surface area contributed by atoms with E-state index in [0.29, 0.717) is 0 Å². The Labute approximate surface area is 84.5 Å². The summed E-state index contributed by atoms with van der Waals surface area (Å²) in [5.41, 5.74) is 0.149. The van der Waals surface area contributed by atoms with E-state index in [1.165, 1.54) is 12.8 Å². The molecule has 1 aliphatic heterocycles. The van der Waals surface area contributed by atoms with Crippen molar-refractivity contribution < 1.29 is 4.74 Å². The highest BCUT2D eigenvalue weighted by atomic mass is 16.5. The monoisotopic (exact) mass is 192 g/mol. The molecule has 1 aliphatic rings. The average molecular weight is 192 g/mol. The van der Waals surface area contributed by atoms with E-state index in [4.69, 9.17) is 4.74 Å². The normalized spacial score (nSPS) is 26.4. The van der Waals surface area contributed by atoms with E-state index >= 15 is 0 Å². The Balaban J connectivity index is 1.88. The van der Waals surface area contributed by atoms with Crippen LogP contribution in [0.1, 0.15) is 19.8 Å². The highest BCUT2D eigenvalue weighted by Gasteiger charge is 2.28. The van der Waals surface area contributed by atoms with Crippen LogP contribution in [-0.4, -0.2) is 23.7 Å². The molecule has 1 atom stereocenters. The molecule has 1 N–H and O–H groups in total. The van der Waals surface area contributed by atoms with Crippen molar-refractivity contribution in [3.8, 4) is 5.75 Å². The van der Waals surface area contributed by atoms with Crippen molar-refractivity contribution >= 4 is 0 Å². The Morgan fingerprint density at radius 1 is 1.64 bits per heavy atom. The van der Waals surface area contributed by atoms with E-state index in [2.05, 4.69) is 17.2 Å². The fourth-order valence-corrected chi connectivity index (χ4v) is 1.76. The largest absolute Gasteiger partial charge is 0.490 e. The number of aromatic nitrogens is 1. The zero-order valence-electron chi connectivity index (χ0n) is 8.49. The summed E-state index contributed by atoms with van der Waals surface area (Å²) in [6, 6.07) is 3.82. The fourth-order valence-electron chi connectivity index (χ4n) is 1.76. The first-order valence-corrected chi connectivity index (χ1v) is 5.06. The van der Waals surface area contributed by atoms with Crippen LogP contribution in [-0.2, 0) is 0 Å². The fraction of sp³-hybridized carbons (Fsp3) is 0.545. The van der Waals surface area contributed by atoms with Crippen molar-refractivity contribution in [2.75, 3.05) is 13.2 Å². The van der Waals surface area contributed by atoms with E-state index in [0.717, 1.165) is 18.9 Å². The van der Waals surface area contributed by atoms with Crippen LogP contribution in [0.25, 0.3) is 0 Å². The quantitative estimate of drug-likeness (QED) is 0.790. The lowest BCUT2D eigenvalue weighted by molar-refractivity contribution is 0.212. The summed E-state index contributed by atoms with van der Waals surface area (Å²) in [7, 11) is 0. The van der Waals surface area contributed by atoms with Gasteiger partial charge < -0.3 is 10.1 Å². The zero-order valence-corrected chi connectivity index (χ0v) is 8.49. The molecule has 3 nitrogen and oxygen atoms in total. The molecular weight excluding hydrogens is 176 g/mol. The first-order chi connectivity index (χ1) is 6.79. The lowest BCUT2D eigenvalue weighted by Crippen LogP contribution is -2.42. The second kappa shape index (κ2) is 3.96. The van der Waals surface area contributed by atoms with Gasteiger partial charge in [-0.05, 0) is 38.4 Å². The SMILES string of the molecule is C[C@@]1(COc2cccnc2)CCCN1. The van der Waals surface area contributed by atoms with Gasteiger partial charge in [-0.1, -0.05) is 0 Å². The Hall–Kier alpha value is -1.09. The molecular formula is C11H16N2O. The predicted octanol–water partition coefficient (Wildman–Crippen LogP) is 1.60. The van der Waals surface area contributed by atoms with Crippen molar-refractivity contribution in [2.45, 2.75) is 25.3 Å². The van der Waals surface area contributed by atoms with Gasteiger partial charge in [-0.2, -0.15) is 0 Å². The highest BCUT2D eigenvalue weighted by Crippen LogP contribution is 2.19. The second-order valence-corrected chi connectivity index (χ2v) is 4.07. The molecule has 0 bridgehead atoms. The van der Waals surface area contributed by atoms with E-state index < -0.39 is 0 Å². The maximum absolute atomic E-state index is 5.67. The number of rotatable bonds is 3. The molecule has 14 heavy (non-hydrogen) atoms. The highest BCUT2D eigenvalue weighted by molar-refractivity contribution is 5.15. The molecule has 3 heteroatoms. The molecule has 0 aromatic carbocycles. The van der Waals surface area contributed by atoms with E-state index in [-0.39, 0.29) is 5.54 Å². The third-order valence-electron chi connectivity index (χ3n) is 2.65. The first kappa shape index (κ1) is 9.46. The minimum Gasteiger partial charge on any atom is -0.490 e. The van der Waals surface area contributed by atoms with Crippen LogP contribution in [0.5, 0.6) is 5.75 Å². The lowest BCUT2D eigenvalue weighted by Gasteiger charge is -2.24. The Bertz CT molecular complexity index is 281. The molecule has 1 aromatic rings. The molecule has 1 saturated heterocycles. The molecule has 0 spiro atoms. The molecule has 0 aliphatic carbocycles. The van der Waals surface area contributed by atoms with Crippen LogP contribution in [0, 0.1) is 0 Å². The molecule has 76 valence electrons. The Morgan fingerprint density at radius 2 is 2.57 bits per heavy atom. The van der Waals surface area contributed by atoms with Gasteiger partial charge in [-0.25, -0.2) is 0 Å². The van der Waals surface area contributed by atoms with E-state index in [1.807, 2.05) is 12.1 Å². The Morgan fingerprint density at radius 3 is 3.21 bits per heavy atom. The summed E-state index contributed by atoms with van der Waals surface area (Å²) in [4.78, 5) is 4.01. The lowest BCUT2D eigenvalue weighted by atomic mass is 10.0. The summed E-state index contributed by atoms with van der Waals surface area (Å²) >= 11 is 0. The van der Waals surface area contributed by atoms with Crippen LogP contribution >= 0.6 is 0 Å². The van der Waals surface area contributed by atoms with Crippen LogP contribution in [0.3, 0.4) is 0 Å². The smallest absolute Gasteiger partial charge is 0.137 e. The predicted molar refractivity (Wildman–Crippen MR) is 55.4 cm³/mol. The van der Waals surface area contributed by atoms with Gasteiger partial charge in [0, 0.05) is 11.7 Å². The van der Waals surface area contributed by atoms with Gasteiger partial charge in [0.15, 0.2) is 0 Å². The van der Waals surface area contributed by atoms with Crippen LogP contribution < -0.4 is 10.1 Å². The van der Waals surface area contributed by atoms with Gasteiger partial charge in [0.25, 0.3) is 0 Å². The molecule has 2 rings (SSSR count). The van der Waals surface area contributed by atoms with E-state index in [1.54, 1.807) is 12.4 Å². The third-order valence-corrected chi connectivity index (χ3v) is 2.65. The maximum atomic E-state index is 5.67. The molecule has 0 unspecified atom stereocenters. The standard InChI is InChI=1S/C11H16N2O/c1-11(5-3-7-13-11)9-14-10-4-2-6-12-8-10/h2,4,6,8,13H,3,5,7,9H2,1H3/t11-/m0/s1. The topological polar surface area (TPSA) is 34.1 Å². The van der Waals surface area contributed by atoms with Gasteiger partial charge in [0.2, 0.25) is 0 Å². The van der Waals surface area contributed by atoms with Crippen molar-refractivity contribution in [1.82, 2.24) is 10.3 Å². The van der Waals surface area contributed by atoms with Crippen molar-refractivity contribution in [1.29, 1.82) is 0 Å². The first-order valence-electron chi connectivity index (χ1n) is 5.06. The van der Waals surface area contributed by atoms with Gasteiger partial charge in [0.1, 0.15) is 12.4 Å². The number of ether oxygens (including phenoxy) is 1. The number of hydrogen-bond acceptors (Lipinski definition) is 3. The average Bonchev–Trinajstić information content (AvgIpc) is 2.65. The molecule has 1 fully saturated rings. The summed E-state index contributed by atoms with van der Waals surface area (Å²) in [6.45, 7) is 4.03. The van der Waals surface area contributed by atoms with Gasteiger partial charge in [0.05, 0.1) is 6.20 Å². The van der Waals surface area contributed by atoms with Crippen molar-refractivity contribution in [3.63, 3.8) is 0 Å². The van der Waals surface area contributed by atoms with Crippen LogP contribution in [0.2, 0.25) is 0 Å². The summed E-state index contributed by atoms with van der Waals surface area (Å²) in [5, 5.41) is 3.46. The minimum absolute atomic E-state index is 0.149. The molecule has 0 amide bonds. The molecule has 0 radical (unpaired) electrons. The van der Waals surface area contributed by atoms with Gasteiger partial charge in [-0.15, -0.1) is 0 Å². The number of hydrogen-bond donors (Lipinski definition) is 1. The molecule has 2 heterocycles. The number of nitrogens with zero attached hydrogens (tertiary/aromatic N) is 1. The molecule has 0 saturated carbocycles. The third kappa shape index (κ3) is 2.23. The second-order valence-electron chi connectivity index (χ2n) is 4.07. The van der Waals surface area contributed by atoms with Crippen LogP contribution in [0.4, 0.5) is 0 Å². The zero-order chi connectivity index (χ0) is 9.86. The maximum Gasteiger partial charge on any atom is 0.137 e. The Kier molecular flexibility index (Phi) is 2.68. The van der Waals surface area contributed by atoms with Crippen molar-refractivity contribution in [2.24, 2.45) is 0 Å². The summed E-state index contributed by atoms with van der Waals surface area (Å²) in [5.74, 6) is 0.849. The summed E-state index contributed by atoms with van der Waals surface area (Å²) in [6.07, 6.45) is 5.93.